The van der Waals surface area contributed by atoms with Crippen molar-refractivity contribution in [3.63, 3.8) is 0 Å². The molecule has 0 aromatic heterocycles. The second-order valence-corrected chi connectivity index (χ2v) is 7.93. The van der Waals surface area contributed by atoms with Crippen LogP contribution in [-0.4, -0.2) is 42.5 Å². The van der Waals surface area contributed by atoms with Crippen LogP contribution in [0.15, 0.2) is 65.9 Å². The highest BCUT2D eigenvalue weighted by Gasteiger charge is 2.15. The van der Waals surface area contributed by atoms with E-state index in [1.54, 1.807) is 44.4 Å². The summed E-state index contributed by atoms with van der Waals surface area (Å²) in [5.74, 6) is -0.206. The molecule has 1 N–H and O–H groups in total. The molecule has 0 saturated heterocycles. The standard InChI is InChI=1S/C26H29F2N3O3/c1-16-13-22(9-12-24(16)25(33)31(6)15-18(3)32)30-20(5)19(4)29-14-17(2)21-7-10-23(11-8-21)34-26(27)28/h7-14,26,30H,5,15H2,1-4,6H3/b17-14+,29-19?. The number of carbonyl (C=O) groups is 2. The summed E-state index contributed by atoms with van der Waals surface area (Å²) in [4.78, 5) is 29.6. The van der Waals surface area contributed by atoms with Crippen molar-refractivity contribution in [1.82, 2.24) is 4.90 Å². The number of likely N-dealkylation sites (N-methyl/N-ethyl adjacent to an activating group) is 1. The topological polar surface area (TPSA) is 71.0 Å². The molecule has 0 atom stereocenters. The highest BCUT2D eigenvalue weighted by atomic mass is 19.3. The fourth-order valence-electron chi connectivity index (χ4n) is 3.10. The zero-order valence-electron chi connectivity index (χ0n) is 20.0. The van der Waals surface area contributed by atoms with Crippen LogP contribution in [0.4, 0.5) is 14.5 Å². The SMILES string of the molecule is C=C(Nc1ccc(C(=O)N(C)CC(C)=O)c(C)c1)C(C)=N/C=C(\C)c1ccc(OC(F)F)cc1. The minimum Gasteiger partial charge on any atom is -0.435 e. The first kappa shape index (κ1) is 26.4. The van der Waals surface area contributed by atoms with Gasteiger partial charge in [-0.3, -0.25) is 14.6 Å². The van der Waals surface area contributed by atoms with Crippen LogP contribution in [0.25, 0.3) is 5.57 Å². The molecule has 2 rings (SSSR count). The fraction of sp³-hybridized carbons (Fsp3) is 0.269. The van der Waals surface area contributed by atoms with Crippen molar-refractivity contribution < 1.29 is 23.1 Å². The quantitative estimate of drug-likeness (QED) is 0.453. The van der Waals surface area contributed by atoms with Gasteiger partial charge in [0, 0.05) is 24.5 Å². The summed E-state index contributed by atoms with van der Waals surface area (Å²) in [5, 5.41) is 3.18. The van der Waals surface area contributed by atoms with E-state index in [0.717, 1.165) is 22.4 Å². The Morgan fingerprint density at radius 1 is 1.15 bits per heavy atom. The molecule has 0 saturated carbocycles. The maximum Gasteiger partial charge on any atom is 0.387 e. The molecule has 180 valence electrons. The number of alkyl halides is 2. The summed E-state index contributed by atoms with van der Waals surface area (Å²) in [6, 6.07) is 11.6. The second kappa shape index (κ2) is 11.9. The normalized spacial score (nSPS) is 11.9. The molecule has 0 unspecified atom stereocenters. The lowest BCUT2D eigenvalue weighted by molar-refractivity contribution is -0.117. The van der Waals surface area contributed by atoms with Gasteiger partial charge in [0.1, 0.15) is 11.5 Å². The van der Waals surface area contributed by atoms with Crippen LogP contribution in [0, 0.1) is 6.92 Å². The number of ketones is 1. The first-order valence-electron chi connectivity index (χ1n) is 10.6. The van der Waals surface area contributed by atoms with Gasteiger partial charge in [-0.2, -0.15) is 8.78 Å². The highest BCUT2D eigenvalue weighted by Crippen LogP contribution is 2.21. The van der Waals surface area contributed by atoms with Crippen molar-refractivity contribution in [3.05, 3.63) is 77.6 Å². The molecule has 2 aromatic carbocycles. The maximum absolute atomic E-state index is 12.5. The summed E-state index contributed by atoms with van der Waals surface area (Å²) in [5.41, 5.74) is 4.93. The molecule has 0 heterocycles. The Balaban J connectivity index is 2.06. The average Bonchev–Trinajstić information content (AvgIpc) is 2.76. The predicted molar refractivity (Wildman–Crippen MR) is 131 cm³/mol. The number of aryl methyl sites for hydroxylation is 1. The van der Waals surface area contributed by atoms with Gasteiger partial charge in [-0.05, 0) is 74.7 Å². The lowest BCUT2D eigenvalue weighted by Gasteiger charge is -2.17. The molecule has 8 heteroatoms. The largest absolute Gasteiger partial charge is 0.435 e. The minimum absolute atomic E-state index is 0.0608. The average molecular weight is 470 g/mol. The lowest BCUT2D eigenvalue weighted by Crippen LogP contribution is -2.31. The first-order chi connectivity index (χ1) is 16.0. The fourth-order valence-corrected chi connectivity index (χ4v) is 3.10. The Labute approximate surface area is 198 Å². The summed E-state index contributed by atoms with van der Waals surface area (Å²) in [7, 11) is 1.60. The molecule has 0 aliphatic rings. The van der Waals surface area contributed by atoms with Gasteiger partial charge in [0.2, 0.25) is 0 Å². The number of amides is 1. The molecule has 0 aliphatic carbocycles. The van der Waals surface area contributed by atoms with E-state index in [1.807, 2.05) is 19.9 Å². The maximum atomic E-state index is 12.5. The zero-order chi connectivity index (χ0) is 25.4. The minimum atomic E-state index is -2.86. The number of anilines is 1. The molecular formula is C26H29F2N3O3. The van der Waals surface area contributed by atoms with Crippen molar-refractivity contribution in [2.75, 3.05) is 18.9 Å². The number of allylic oxidation sites excluding steroid dienone is 2. The second-order valence-electron chi connectivity index (χ2n) is 7.93. The molecule has 2 aromatic rings. The Hall–Kier alpha value is -3.81. The van der Waals surface area contributed by atoms with E-state index in [0.29, 0.717) is 17.0 Å². The number of halogens is 2. The van der Waals surface area contributed by atoms with Gasteiger partial charge in [0.25, 0.3) is 5.91 Å². The Morgan fingerprint density at radius 3 is 2.35 bits per heavy atom. The number of ether oxygens (including phenoxy) is 1. The van der Waals surface area contributed by atoms with E-state index in [-0.39, 0.29) is 24.0 Å². The van der Waals surface area contributed by atoms with Gasteiger partial charge in [0.15, 0.2) is 0 Å². The summed E-state index contributed by atoms with van der Waals surface area (Å²) >= 11 is 0. The van der Waals surface area contributed by atoms with Crippen LogP contribution in [-0.2, 0) is 4.79 Å². The van der Waals surface area contributed by atoms with E-state index in [9.17, 15) is 18.4 Å². The van der Waals surface area contributed by atoms with Gasteiger partial charge in [-0.25, -0.2) is 0 Å². The summed E-state index contributed by atoms with van der Waals surface area (Å²) < 4.78 is 28.9. The third kappa shape index (κ3) is 7.65. The molecule has 0 spiro atoms. The van der Waals surface area contributed by atoms with Crippen molar-refractivity contribution in [2.45, 2.75) is 34.3 Å². The van der Waals surface area contributed by atoms with Crippen LogP contribution in [0.5, 0.6) is 5.75 Å². The van der Waals surface area contributed by atoms with Crippen LogP contribution in [0.3, 0.4) is 0 Å². The van der Waals surface area contributed by atoms with Crippen LogP contribution in [0.2, 0.25) is 0 Å². The van der Waals surface area contributed by atoms with Crippen molar-refractivity contribution >= 4 is 28.7 Å². The zero-order valence-corrected chi connectivity index (χ0v) is 20.0. The van der Waals surface area contributed by atoms with Crippen LogP contribution in [0.1, 0.15) is 42.3 Å². The number of rotatable bonds is 10. The van der Waals surface area contributed by atoms with Crippen molar-refractivity contribution in [3.8, 4) is 5.75 Å². The third-order valence-electron chi connectivity index (χ3n) is 4.98. The molecule has 0 aliphatic heterocycles. The van der Waals surface area contributed by atoms with Gasteiger partial charge in [0.05, 0.1) is 18.0 Å². The number of Topliss-reactive ketones (excluding diaryl/α,β-unsaturated/α-hetero) is 1. The van der Waals surface area contributed by atoms with Crippen molar-refractivity contribution in [1.29, 1.82) is 0 Å². The van der Waals surface area contributed by atoms with Gasteiger partial charge in [-0.15, -0.1) is 0 Å². The number of aliphatic imine (C=N–C) groups is 1. The summed E-state index contributed by atoms with van der Waals surface area (Å²) in [6.45, 7) is 8.15. The van der Waals surface area contributed by atoms with E-state index in [4.69, 9.17) is 0 Å². The predicted octanol–water partition coefficient (Wildman–Crippen LogP) is 5.70. The van der Waals surface area contributed by atoms with Crippen LogP contribution < -0.4 is 10.1 Å². The highest BCUT2D eigenvalue weighted by molar-refractivity contribution is 6.01. The molecule has 34 heavy (non-hydrogen) atoms. The van der Waals surface area contributed by atoms with Gasteiger partial charge >= 0.3 is 6.61 Å². The number of hydrogen-bond donors (Lipinski definition) is 1. The number of nitrogens with one attached hydrogen (secondary N) is 1. The summed E-state index contributed by atoms with van der Waals surface area (Å²) in [6.07, 6.45) is 1.67. The molecule has 0 bridgehead atoms. The van der Waals surface area contributed by atoms with Gasteiger partial charge in [-0.1, -0.05) is 18.7 Å². The Bertz CT molecular complexity index is 1120. The van der Waals surface area contributed by atoms with E-state index in [2.05, 4.69) is 21.6 Å². The van der Waals surface area contributed by atoms with Crippen molar-refractivity contribution in [2.24, 2.45) is 4.99 Å². The molecule has 6 nitrogen and oxygen atoms in total. The molecule has 0 radical (unpaired) electrons. The molecule has 0 fully saturated rings. The lowest BCUT2D eigenvalue weighted by atomic mass is 10.1. The number of nitrogens with zero attached hydrogens (tertiary/aromatic N) is 2. The number of benzene rings is 2. The Kier molecular flexibility index (Phi) is 9.24. The van der Waals surface area contributed by atoms with E-state index < -0.39 is 6.61 Å². The smallest absolute Gasteiger partial charge is 0.387 e. The Morgan fingerprint density at radius 2 is 1.79 bits per heavy atom. The third-order valence-corrected chi connectivity index (χ3v) is 4.98. The number of hydrogen-bond acceptors (Lipinski definition) is 5. The molecular weight excluding hydrogens is 440 g/mol. The monoisotopic (exact) mass is 469 g/mol. The van der Waals surface area contributed by atoms with Crippen LogP contribution >= 0.6 is 0 Å². The van der Waals surface area contributed by atoms with E-state index >= 15 is 0 Å². The van der Waals surface area contributed by atoms with Gasteiger partial charge < -0.3 is 15.0 Å². The first-order valence-corrected chi connectivity index (χ1v) is 10.6. The molecule has 1 amide bonds. The number of carbonyl (C=O) groups excluding carboxylic acids is 2. The van der Waals surface area contributed by atoms with E-state index in [1.165, 1.54) is 24.0 Å².